The summed E-state index contributed by atoms with van der Waals surface area (Å²) in [4.78, 5) is 15.6. The number of carbonyl (C=O) groups is 1. The van der Waals surface area contributed by atoms with Crippen molar-refractivity contribution in [3.8, 4) is 0 Å². The van der Waals surface area contributed by atoms with Crippen LogP contribution < -0.4 is 5.32 Å². The second-order valence-corrected chi connectivity index (χ2v) is 9.52. The standard InChI is InChI=1S/C30H33N3O/c1-22-23(2)33(21-25-11-7-4-8-12-25)29-14-13-26(19-28(22)29)30(34)31-27-15-17-32(18-16-27)20-24-9-5-3-6-10-24/h3-14,19,27H,15-18,20-21H2,1-2H3,(H,31,34). The number of piperidine rings is 1. The molecule has 5 rings (SSSR count). The molecule has 0 saturated carbocycles. The molecule has 34 heavy (non-hydrogen) atoms. The minimum absolute atomic E-state index is 0.0382. The van der Waals surface area contributed by atoms with E-state index in [1.165, 1.54) is 33.3 Å². The summed E-state index contributed by atoms with van der Waals surface area (Å²) < 4.78 is 2.35. The summed E-state index contributed by atoms with van der Waals surface area (Å²) in [6, 6.07) is 27.5. The summed E-state index contributed by atoms with van der Waals surface area (Å²) >= 11 is 0. The molecule has 1 aliphatic heterocycles. The lowest BCUT2D eigenvalue weighted by Gasteiger charge is -2.32. The number of hydrogen-bond donors (Lipinski definition) is 1. The van der Waals surface area contributed by atoms with Crippen LogP contribution in [0.4, 0.5) is 0 Å². The fourth-order valence-corrected chi connectivity index (χ4v) is 5.11. The Morgan fingerprint density at radius 1 is 0.853 bits per heavy atom. The van der Waals surface area contributed by atoms with Gasteiger partial charge in [0.2, 0.25) is 0 Å². The van der Waals surface area contributed by atoms with Crippen molar-refractivity contribution in [3.63, 3.8) is 0 Å². The summed E-state index contributed by atoms with van der Waals surface area (Å²) in [5, 5.41) is 4.46. The molecule has 0 atom stereocenters. The predicted octanol–water partition coefficient (Wildman–Crippen LogP) is 5.70. The van der Waals surface area contributed by atoms with Crippen LogP contribution in [0.5, 0.6) is 0 Å². The van der Waals surface area contributed by atoms with Gasteiger partial charge in [0.15, 0.2) is 0 Å². The zero-order valence-electron chi connectivity index (χ0n) is 20.1. The summed E-state index contributed by atoms with van der Waals surface area (Å²) in [5.41, 5.74) is 7.06. The van der Waals surface area contributed by atoms with Crippen molar-refractivity contribution in [2.45, 2.75) is 45.8 Å². The average molecular weight is 452 g/mol. The lowest BCUT2D eigenvalue weighted by molar-refractivity contribution is 0.0909. The van der Waals surface area contributed by atoms with Crippen LogP contribution in [0.15, 0.2) is 78.9 Å². The third kappa shape index (κ3) is 4.78. The molecule has 0 bridgehead atoms. The molecule has 4 heteroatoms. The number of nitrogens with one attached hydrogen (secondary N) is 1. The first-order valence-electron chi connectivity index (χ1n) is 12.3. The molecule has 174 valence electrons. The summed E-state index contributed by atoms with van der Waals surface area (Å²) in [5.74, 6) is 0.0382. The van der Waals surface area contributed by atoms with E-state index in [-0.39, 0.29) is 11.9 Å². The number of fused-ring (bicyclic) bond motifs is 1. The van der Waals surface area contributed by atoms with E-state index in [0.29, 0.717) is 0 Å². The third-order valence-corrected chi connectivity index (χ3v) is 7.26. The quantitative estimate of drug-likeness (QED) is 0.408. The number of rotatable bonds is 6. The molecule has 3 aromatic carbocycles. The van der Waals surface area contributed by atoms with E-state index in [2.05, 4.69) is 95.4 Å². The molecule has 0 spiro atoms. The second-order valence-electron chi connectivity index (χ2n) is 9.52. The van der Waals surface area contributed by atoms with E-state index in [1.807, 2.05) is 12.1 Å². The van der Waals surface area contributed by atoms with Gasteiger partial charge in [-0.05, 0) is 61.6 Å². The smallest absolute Gasteiger partial charge is 0.251 e. The first-order chi connectivity index (χ1) is 16.6. The van der Waals surface area contributed by atoms with Gasteiger partial charge in [-0.3, -0.25) is 9.69 Å². The Hall–Kier alpha value is -3.37. The number of aryl methyl sites for hydroxylation is 1. The Morgan fingerprint density at radius 3 is 2.12 bits per heavy atom. The van der Waals surface area contributed by atoms with Crippen LogP contribution in [0.25, 0.3) is 10.9 Å². The van der Waals surface area contributed by atoms with Crippen LogP contribution in [0, 0.1) is 13.8 Å². The number of hydrogen-bond acceptors (Lipinski definition) is 2. The number of nitrogens with zero attached hydrogens (tertiary/aromatic N) is 2. The Morgan fingerprint density at radius 2 is 1.47 bits per heavy atom. The lowest BCUT2D eigenvalue weighted by Crippen LogP contribution is -2.44. The van der Waals surface area contributed by atoms with Gasteiger partial charge in [0.1, 0.15) is 0 Å². The monoisotopic (exact) mass is 451 g/mol. The molecule has 1 amide bonds. The first kappa shape index (κ1) is 22.4. The van der Waals surface area contributed by atoms with Crippen LogP contribution in [0.1, 0.15) is 45.6 Å². The molecular weight excluding hydrogens is 418 g/mol. The molecule has 0 radical (unpaired) electrons. The molecule has 1 fully saturated rings. The number of likely N-dealkylation sites (tertiary alicyclic amines) is 1. The maximum Gasteiger partial charge on any atom is 0.251 e. The molecule has 1 aromatic heterocycles. The zero-order valence-corrected chi connectivity index (χ0v) is 20.1. The highest BCUT2D eigenvalue weighted by Gasteiger charge is 2.22. The van der Waals surface area contributed by atoms with Gasteiger partial charge in [0, 0.05) is 54.4 Å². The van der Waals surface area contributed by atoms with Crippen molar-refractivity contribution in [2.24, 2.45) is 0 Å². The van der Waals surface area contributed by atoms with E-state index in [1.54, 1.807) is 0 Å². The van der Waals surface area contributed by atoms with Gasteiger partial charge >= 0.3 is 0 Å². The van der Waals surface area contributed by atoms with Crippen LogP contribution in [0.3, 0.4) is 0 Å². The summed E-state index contributed by atoms with van der Waals surface area (Å²) in [6.07, 6.45) is 1.98. The van der Waals surface area contributed by atoms with E-state index >= 15 is 0 Å². The lowest BCUT2D eigenvalue weighted by atomic mass is 10.0. The minimum Gasteiger partial charge on any atom is -0.349 e. The fourth-order valence-electron chi connectivity index (χ4n) is 5.11. The van der Waals surface area contributed by atoms with Crippen molar-refractivity contribution in [3.05, 3.63) is 107 Å². The van der Waals surface area contributed by atoms with Gasteiger partial charge in [-0.1, -0.05) is 60.7 Å². The van der Waals surface area contributed by atoms with Gasteiger partial charge in [0.25, 0.3) is 5.91 Å². The number of amides is 1. The largest absolute Gasteiger partial charge is 0.349 e. The van der Waals surface area contributed by atoms with Gasteiger partial charge < -0.3 is 9.88 Å². The van der Waals surface area contributed by atoms with Crippen molar-refractivity contribution < 1.29 is 4.79 Å². The SMILES string of the molecule is Cc1c(C)n(Cc2ccccc2)c2ccc(C(=O)NC3CCN(Cc4ccccc4)CC3)cc12. The van der Waals surface area contributed by atoms with Crippen molar-refractivity contribution >= 4 is 16.8 Å². The average Bonchev–Trinajstić information content (AvgIpc) is 3.11. The van der Waals surface area contributed by atoms with Crippen LogP contribution in [0.2, 0.25) is 0 Å². The molecule has 1 aliphatic rings. The van der Waals surface area contributed by atoms with Crippen molar-refractivity contribution in [2.75, 3.05) is 13.1 Å². The van der Waals surface area contributed by atoms with Crippen molar-refractivity contribution in [1.29, 1.82) is 0 Å². The second kappa shape index (κ2) is 9.86. The Balaban J connectivity index is 1.25. The molecule has 0 unspecified atom stereocenters. The van der Waals surface area contributed by atoms with E-state index < -0.39 is 0 Å². The minimum atomic E-state index is 0.0382. The maximum absolute atomic E-state index is 13.1. The fraction of sp³-hybridized carbons (Fsp3) is 0.300. The summed E-state index contributed by atoms with van der Waals surface area (Å²) in [7, 11) is 0. The molecule has 4 nitrogen and oxygen atoms in total. The van der Waals surface area contributed by atoms with Crippen molar-refractivity contribution in [1.82, 2.24) is 14.8 Å². The maximum atomic E-state index is 13.1. The Bertz CT molecular complexity index is 1270. The molecular formula is C30H33N3O. The summed E-state index contributed by atoms with van der Waals surface area (Å²) in [6.45, 7) is 8.17. The van der Waals surface area contributed by atoms with Crippen LogP contribution in [-0.4, -0.2) is 34.5 Å². The molecule has 1 N–H and O–H groups in total. The van der Waals surface area contributed by atoms with E-state index in [0.717, 1.165) is 44.6 Å². The van der Waals surface area contributed by atoms with Gasteiger partial charge in [-0.25, -0.2) is 0 Å². The number of aromatic nitrogens is 1. The molecule has 1 saturated heterocycles. The zero-order chi connectivity index (χ0) is 23.5. The molecule has 2 heterocycles. The number of benzene rings is 3. The first-order valence-corrected chi connectivity index (χ1v) is 12.3. The predicted molar refractivity (Wildman–Crippen MR) is 139 cm³/mol. The normalized spacial score (nSPS) is 15.0. The van der Waals surface area contributed by atoms with Crippen LogP contribution in [-0.2, 0) is 13.1 Å². The highest BCUT2D eigenvalue weighted by Crippen LogP contribution is 2.27. The van der Waals surface area contributed by atoms with Crippen LogP contribution >= 0.6 is 0 Å². The molecule has 4 aromatic rings. The highest BCUT2D eigenvalue weighted by molar-refractivity contribution is 5.99. The van der Waals surface area contributed by atoms with Gasteiger partial charge in [0.05, 0.1) is 0 Å². The Labute approximate surface area is 202 Å². The topological polar surface area (TPSA) is 37.3 Å². The van der Waals surface area contributed by atoms with E-state index in [9.17, 15) is 4.79 Å². The van der Waals surface area contributed by atoms with Gasteiger partial charge in [-0.2, -0.15) is 0 Å². The Kier molecular flexibility index (Phi) is 6.50. The van der Waals surface area contributed by atoms with Gasteiger partial charge in [-0.15, -0.1) is 0 Å². The molecule has 0 aliphatic carbocycles. The third-order valence-electron chi connectivity index (χ3n) is 7.26. The number of carbonyl (C=O) groups excluding carboxylic acids is 1. The highest BCUT2D eigenvalue weighted by atomic mass is 16.1. The van der Waals surface area contributed by atoms with E-state index in [4.69, 9.17) is 0 Å².